The van der Waals surface area contributed by atoms with Gasteiger partial charge in [0.1, 0.15) is 0 Å². The van der Waals surface area contributed by atoms with Crippen molar-refractivity contribution in [3.05, 3.63) is 12.1 Å². The summed E-state index contributed by atoms with van der Waals surface area (Å²) >= 11 is 0. The molecule has 6 nitrogen and oxygen atoms in total. The molecule has 106 valence electrons. The van der Waals surface area contributed by atoms with E-state index in [-0.39, 0.29) is 17.2 Å². The number of aromatic hydroxyl groups is 1. The maximum Gasteiger partial charge on any atom is 0.511 e. The third kappa shape index (κ3) is 4.24. The number of carboxylic acid groups (broad SMARTS) is 1. The van der Waals surface area contributed by atoms with E-state index in [9.17, 15) is 9.90 Å². The molecule has 0 radical (unpaired) electrons. The van der Waals surface area contributed by atoms with Crippen LogP contribution < -0.4 is 14.2 Å². The third-order valence-corrected chi connectivity index (χ3v) is 2.17. The first kappa shape index (κ1) is 14.9. The van der Waals surface area contributed by atoms with Gasteiger partial charge in [-0.05, 0) is 25.0 Å². The van der Waals surface area contributed by atoms with E-state index in [1.807, 2.05) is 13.8 Å². The molecule has 0 saturated carbocycles. The van der Waals surface area contributed by atoms with E-state index in [4.69, 9.17) is 14.6 Å². The molecule has 19 heavy (non-hydrogen) atoms. The lowest BCUT2D eigenvalue weighted by Crippen LogP contribution is -2.05. The molecular weight excluding hydrogens is 252 g/mol. The Kier molecular flexibility index (Phi) is 5.78. The number of benzene rings is 1. The van der Waals surface area contributed by atoms with Gasteiger partial charge in [0.25, 0.3) is 0 Å². The SMILES string of the molecule is CCCOc1ccc(OC(=O)O)c(O)c1OCCC. The summed E-state index contributed by atoms with van der Waals surface area (Å²) in [7, 11) is 0. The van der Waals surface area contributed by atoms with Crippen LogP contribution in [0.5, 0.6) is 23.0 Å². The molecule has 0 spiro atoms. The lowest BCUT2D eigenvalue weighted by molar-refractivity contribution is 0.142. The van der Waals surface area contributed by atoms with Crippen LogP contribution in [0.3, 0.4) is 0 Å². The van der Waals surface area contributed by atoms with Crippen LogP contribution in [-0.4, -0.2) is 29.6 Å². The predicted octanol–water partition coefficient (Wildman–Crippen LogP) is 3.03. The van der Waals surface area contributed by atoms with E-state index in [0.717, 1.165) is 12.8 Å². The Bertz CT molecular complexity index is 429. The first-order chi connectivity index (χ1) is 9.10. The topological polar surface area (TPSA) is 85.2 Å². The Labute approximate surface area is 111 Å². The van der Waals surface area contributed by atoms with Crippen LogP contribution in [0.4, 0.5) is 4.79 Å². The van der Waals surface area contributed by atoms with E-state index < -0.39 is 6.16 Å². The van der Waals surface area contributed by atoms with E-state index in [1.54, 1.807) is 0 Å². The molecule has 0 aliphatic heterocycles. The minimum absolute atomic E-state index is 0.106. The molecule has 0 saturated heterocycles. The second-order valence-corrected chi connectivity index (χ2v) is 3.80. The monoisotopic (exact) mass is 270 g/mol. The van der Waals surface area contributed by atoms with Gasteiger partial charge in [-0.2, -0.15) is 0 Å². The zero-order valence-corrected chi connectivity index (χ0v) is 11.0. The van der Waals surface area contributed by atoms with Crippen LogP contribution in [-0.2, 0) is 0 Å². The second-order valence-electron chi connectivity index (χ2n) is 3.80. The van der Waals surface area contributed by atoms with Crippen LogP contribution in [0.25, 0.3) is 0 Å². The summed E-state index contributed by atoms with van der Waals surface area (Å²) in [5, 5.41) is 18.5. The van der Waals surface area contributed by atoms with Gasteiger partial charge in [0.15, 0.2) is 11.5 Å². The van der Waals surface area contributed by atoms with Crippen LogP contribution in [0.2, 0.25) is 0 Å². The lowest BCUT2D eigenvalue weighted by Gasteiger charge is -2.15. The molecule has 0 aliphatic rings. The largest absolute Gasteiger partial charge is 0.511 e. The standard InChI is InChI=1S/C13H18O6/c1-3-7-17-10-6-5-9(19-13(15)16)11(14)12(10)18-8-4-2/h5-6,14H,3-4,7-8H2,1-2H3,(H,15,16). The van der Waals surface area contributed by atoms with E-state index >= 15 is 0 Å². The van der Waals surface area contributed by atoms with Gasteiger partial charge in [0.05, 0.1) is 13.2 Å². The number of phenolic OH excluding ortho intramolecular Hbond substituents is 1. The Morgan fingerprint density at radius 3 is 2.26 bits per heavy atom. The average molecular weight is 270 g/mol. The molecule has 6 heteroatoms. The van der Waals surface area contributed by atoms with Crippen molar-refractivity contribution in [3.63, 3.8) is 0 Å². The maximum absolute atomic E-state index is 10.5. The molecule has 0 fully saturated rings. The molecule has 0 amide bonds. The first-order valence-corrected chi connectivity index (χ1v) is 6.12. The quantitative estimate of drug-likeness (QED) is 0.585. The predicted molar refractivity (Wildman–Crippen MR) is 68.3 cm³/mol. The normalized spacial score (nSPS) is 10.0. The van der Waals surface area contributed by atoms with Crippen molar-refractivity contribution < 1.29 is 29.2 Å². The molecule has 1 rings (SSSR count). The molecule has 2 N–H and O–H groups in total. The number of hydrogen-bond acceptors (Lipinski definition) is 5. The summed E-state index contributed by atoms with van der Waals surface area (Å²) in [4.78, 5) is 10.5. The van der Waals surface area contributed by atoms with Gasteiger partial charge >= 0.3 is 6.16 Å². The number of hydrogen-bond donors (Lipinski definition) is 2. The van der Waals surface area contributed by atoms with Crippen molar-refractivity contribution in [2.24, 2.45) is 0 Å². The van der Waals surface area contributed by atoms with Gasteiger partial charge in [0.2, 0.25) is 11.5 Å². The third-order valence-electron chi connectivity index (χ3n) is 2.17. The molecule has 0 bridgehead atoms. The number of carbonyl (C=O) groups is 1. The number of rotatable bonds is 7. The Morgan fingerprint density at radius 2 is 1.68 bits per heavy atom. The molecule has 0 atom stereocenters. The minimum Gasteiger partial charge on any atom is -0.502 e. The highest BCUT2D eigenvalue weighted by Gasteiger charge is 2.18. The summed E-state index contributed by atoms with van der Waals surface area (Å²) in [6.07, 6.45) is 0.0526. The van der Waals surface area contributed by atoms with Gasteiger partial charge in [-0.3, -0.25) is 0 Å². The highest BCUT2D eigenvalue weighted by Crippen LogP contribution is 2.43. The zero-order valence-electron chi connectivity index (χ0n) is 11.0. The van der Waals surface area contributed by atoms with Crippen molar-refractivity contribution in [2.45, 2.75) is 26.7 Å². The Morgan fingerprint density at radius 1 is 1.11 bits per heavy atom. The molecular formula is C13H18O6. The van der Waals surface area contributed by atoms with Gasteiger partial charge in [-0.15, -0.1) is 0 Å². The summed E-state index contributed by atoms with van der Waals surface area (Å²) in [5.74, 6) is -0.0773. The molecule has 1 aromatic rings. The van der Waals surface area contributed by atoms with Crippen LogP contribution in [0.15, 0.2) is 12.1 Å². The highest BCUT2D eigenvalue weighted by atomic mass is 16.7. The number of phenols is 1. The smallest absolute Gasteiger partial charge is 0.502 e. The zero-order chi connectivity index (χ0) is 14.3. The Hall–Kier alpha value is -2.11. The minimum atomic E-state index is -1.50. The summed E-state index contributed by atoms with van der Waals surface area (Å²) in [5.41, 5.74) is 0. The maximum atomic E-state index is 10.5. The van der Waals surface area contributed by atoms with E-state index in [0.29, 0.717) is 19.0 Å². The fraction of sp³-hybridized carbons (Fsp3) is 0.462. The van der Waals surface area contributed by atoms with Crippen LogP contribution in [0.1, 0.15) is 26.7 Å². The second kappa shape index (κ2) is 7.35. The molecule has 0 aromatic heterocycles. The van der Waals surface area contributed by atoms with Crippen molar-refractivity contribution in [1.29, 1.82) is 0 Å². The van der Waals surface area contributed by atoms with E-state index in [2.05, 4.69) is 4.74 Å². The van der Waals surface area contributed by atoms with Gasteiger partial charge in [-0.1, -0.05) is 13.8 Å². The average Bonchev–Trinajstić information content (AvgIpc) is 2.37. The van der Waals surface area contributed by atoms with Crippen LogP contribution in [0, 0.1) is 0 Å². The summed E-state index contributed by atoms with van der Waals surface area (Å²) in [6, 6.07) is 2.84. The van der Waals surface area contributed by atoms with Crippen molar-refractivity contribution >= 4 is 6.16 Å². The lowest BCUT2D eigenvalue weighted by atomic mass is 10.2. The van der Waals surface area contributed by atoms with Crippen molar-refractivity contribution in [2.75, 3.05) is 13.2 Å². The van der Waals surface area contributed by atoms with E-state index in [1.165, 1.54) is 12.1 Å². The Balaban J connectivity index is 3.04. The fourth-order valence-corrected chi connectivity index (χ4v) is 1.38. The highest BCUT2D eigenvalue weighted by molar-refractivity contribution is 5.66. The molecule has 0 heterocycles. The molecule has 1 aromatic carbocycles. The van der Waals surface area contributed by atoms with Gasteiger partial charge in [0, 0.05) is 0 Å². The van der Waals surface area contributed by atoms with Gasteiger partial charge in [-0.25, -0.2) is 4.79 Å². The fourth-order valence-electron chi connectivity index (χ4n) is 1.38. The van der Waals surface area contributed by atoms with Crippen molar-refractivity contribution in [3.8, 4) is 23.0 Å². The summed E-state index contributed by atoms with van der Waals surface area (Å²) in [6.45, 7) is 4.73. The number of ether oxygens (including phenoxy) is 3. The molecule has 0 aliphatic carbocycles. The van der Waals surface area contributed by atoms with Crippen LogP contribution >= 0.6 is 0 Å². The summed E-state index contributed by atoms with van der Waals surface area (Å²) < 4.78 is 15.3. The van der Waals surface area contributed by atoms with Crippen molar-refractivity contribution in [1.82, 2.24) is 0 Å². The first-order valence-electron chi connectivity index (χ1n) is 6.12. The van der Waals surface area contributed by atoms with Gasteiger partial charge < -0.3 is 24.4 Å². The molecule has 0 unspecified atom stereocenters.